The molecular weight excluding hydrogens is 450 g/mol. The Morgan fingerprint density at radius 3 is 2.94 bits per heavy atom. The monoisotopic (exact) mass is 477 g/mol. The fraction of sp³-hybridized carbons (Fsp3) is 0.333. The number of nitrogens with zero attached hydrogens (tertiary/aromatic N) is 4. The third-order valence-corrected chi connectivity index (χ3v) is 6.60. The van der Waals surface area contributed by atoms with Gasteiger partial charge in [0, 0.05) is 31.6 Å². The Hall–Kier alpha value is -3.50. The maximum atomic E-state index is 12.6. The molecule has 0 radical (unpaired) electrons. The summed E-state index contributed by atoms with van der Waals surface area (Å²) < 4.78 is 6.31. The van der Waals surface area contributed by atoms with Crippen LogP contribution in [0.25, 0.3) is 26.8 Å². The molecule has 1 aliphatic heterocycles. The number of aromatic nitrogens is 4. The van der Waals surface area contributed by atoms with E-state index in [1.165, 1.54) is 0 Å². The van der Waals surface area contributed by atoms with Gasteiger partial charge >= 0.3 is 6.03 Å². The van der Waals surface area contributed by atoms with Crippen molar-refractivity contribution in [3.05, 3.63) is 47.9 Å². The number of ether oxygens (including phenoxy) is 1. The fourth-order valence-corrected chi connectivity index (χ4v) is 4.86. The molecule has 5 rings (SSSR count). The fourth-order valence-electron chi connectivity index (χ4n) is 4.15. The number of hydrogen-bond donors (Lipinski definition) is 3. The molecule has 4 heterocycles. The van der Waals surface area contributed by atoms with Gasteiger partial charge in [-0.1, -0.05) is 6.08 Å². The SMILES string of the molecule is COCC(C)(C)NC(=O)N1CC=C(c2cc3c(Nc4ccc5ncsc5c4)ncnc3[nH]2)CC1. The van der Waals surface area contributed by atoms with Crippen molar-refractivity contribution < 1.29 is 9.53 Å². The third-order valence-electron chi connectivity index (χ3n) is 5.81. The van der Waals surface area contributed by atoms with Gasteiger partial charge in [-0.25, -0.2) is 19.7 Å². The molecule has 0 saturated heterocycles. The summed E-state index contributed by atoms with van der Waals surface area (Å²) in [6.45, 7) is 5.55. The van der Waals surface area contributed by atoms with Crippen molar-refractivity contribution in [2.75, 3.05) is 32.1 Å². The van der Waals surface area contributed by atoms with Crippen molar-refractivity contribution in [1.82, 2.24) is 30.2 Å². The molecule has 0 unspecified atom stereocenters. The van der Waals surface area contributed by atoms with E-state index in [4.69, 9.17) is 4.74 Å². The van der Waals surface area contributed by atoms with E-state index in [0.29, 0.717) is 19.7 Å². The Morgan fingerprint density at radius 2 is 2.15 bits per heavy atom. The van der Waals surface area contributed by atoms with Crippen LogP contribution in [-0.4, -0.2) is 63.2 Å². The second-order valence-electron chi connectivity index (χ2n) is 9.00. The average Bonchev–Trinajstić information content (AvgIpc) is 3.46. The number of amides is 2. The zero-order valence-corrected chi connectivity index (χ0v) is 20.2. The summed E-state index contributed by atoms with van der Waals surface area (Å²) in [4.78, 5) is 31.1. The maximum absolute atomic E-state index is 12.6. The molecule has 3 N–H and O–H groups in total. The van der Waals surface area contributed by atoms with Crippen LogP contribution in [0.5, 0.6) is 0 Å². The van der Waals surface area contributed by atoms with Gasteiger partial charge in [0.15, 0.2) is 0 Å². The number of thiazole rings is 1. The minimum Gasteiger partial charge on any atom is -0.382 e. The number of carbonyl (C=O) groups excluding carboxylic acids is 1. The van der Waals surface area contributed by atoms with Gasteiger partial charge in [0.05, 0.1) is 33.3 Å². The lowest BCUT2D eigenvalue weighted by Crippen LogP contribution is -2.53. The summed E-state index contributed by atoms with van der Waals surface area (Å²) in [5, 5.41) is 7.37. The molecule has 0 spiro atoms. The number of benzene rings is 1. The van der Waals surface area contributed by atoms with Gasteiger partial charge in [0.2, 0.25) is 0 Å². The Bertz CT molecular complexity index is 1370. The summed E-state index contributed by atoms with van der Waals surface area (Å²) >= 11 is 1.61. The first-order valence-electron chi connectivity index (χ1n) is 11.1. The van der Waals surface area contributed by atoms with Gasteiger partial charge in [-0.05, 0) is 50.1 Å². The Morgan fingerprint density at radius 1 is 1.26 bits per heavy atom. The van der Waals surface area contributed by atoms with E-state index >= 15 is 0 Å². The first-order valence-corrected chi connectivity index (χ1v) is 12.0. The lowest BCUT2D eigenvalue weighted by Gasteiger charge is -2.32. The van der Waals surface area contributed by atoms with Crippen LogP contribution < -0.4 is 10.6 Å². The van der Waals surface area contributed by atoms with Crippen LogP contribution in [0.15, 0.2) is 42.2 Å². The van der Waals surface area contributed by atoms with E-state index in [1.807, 2.05) is 36.4 Å². The van der Waals surface area contributed by atoms with Gasteiger partial charge < -0.3 is 25.3 Å². The number of fused-ring (bicyclic) bond motifs is 2. The number of rotatable bonds is 6. The van der Waals surface area contributed by atoms with E-state index in [-0.39, 0.29) is 6.03 Å². The first kappa shape index (κ1) is 22.3. The molecule has 176 valence electrons. The predicted molar refractivity (Wildman–Crippen MR) is 135 cm³/mol. The average molecular weight is 478 g/mol. The molecule has 0 aliphatic carbocycles. The minimum atomic E-state index is -0.417. The summed E-state index contributed by atoms with van der Waals surface area (Å²) in [6, 6.07) is 8.07. The highest BCUT2D eigenvalue weighted by molar-refractivity contribution is 7.16. The van der Waals surface area contributed by atoms with Crippen molar-refractivity contribution in [3.8, 4) is 0 Å². The highest BCUT2D eigenvalue weighted by Crippen LogP contribution is 2.30. The van der Waals surface area contributed by atoms with Crippen LogP contribution in [0.1, 0.15) is 26.0 Å². The van der Waals surface area contributed by atoms with Crippen molar-refractivity contribution in [2.45, 2.75) is 25.8 Å². The Balaban J connectivity index is 1.32. The van der Waals surface area contributed by atoms with E-state index in [2.05, 4.69) is 48.8 Å². The van der Waals surface area contributed by atoms with E-state index < -0.39 is 5.54 Å². The summed E-state index contributed by atoms with van der Waals surface area (Å²) in [5.41, 5.74) is 6.30. The highest BCUT2D eigenvalue weighted by Gasteiger charge is 2.25. The standard InChI is InChI=1S/C24H27N7O2S/c1-24(2,12-33-3)30-23(32)31-8-6-15(7-9-31)19-11-17-21(25-13-26-22(17)29-19)28-16-4-5-18-20(10-16)34-14-27-18/h4-6,10-11,13-14H,7-9,12H2,1-3H3,(H,30,32)(H2,25,26,28,29). The molecule has 4 aromatic rings. The number of H-pyrrole nitrogens is 1. The van der Waals surface area contributed by atoms with Crippen molar-refractivity contribution in [3.63, 3.8) is 0 Å². The number of anilines is 2. The van der Waals surface area contributed by atoms with E-state index in [1.54, 1.807) is 24.8 Å². The van der Waals surface area contributed by atoms with Crippen LogP contribution in [0.2, 0.25) is 0 Å². The molecule has 3 aromatic heterocycles. The zero-order chi connectivity index (χ0) is 23.7. The number of methoxy groups -OCH3 is 1. The summed E-state index contributed by atoms with van der Waals surface area (Å²) in [6.07, 6.45) is 4.40. The molecule has 0 fully saturated rings. The summed E-state index contributed by atoms with van der Waals surface area (Å²) in [5.74, 6) is 0.745. The van der Waals surface area contributed by atoms with Crippen LogP contribution in [0.4, 0.5) is 16.3 Å². The lowest BCUT2D eigenvalue weighted by atomic mass is 10.0. The number of urea groups is 1. The van der Waals surface area contributed by atoms with Gasteiger partial charge in [-0.15, -0.1) is 11.3 Å². The van der Waals surface area contributed by atoms with Crippen molar-refractivity contribution >= 4 is 55.7 Å². The summed E-state index contributed by atoms with van der Waals surface area (Å²) in [7, 11) is 1.63. The number of carbonyl (C=O) groups is 1. The second kappa shape index (κ2) is 9.03. The zero-order valence-electron chi connectivity index (χ0n) is 19.4. The topological polar surface area (TPSA) is 108 Å². The minimum absolute atomic E-state index is 0.0794. The van der Waals surface area contributed by atoms with Gasteiger partial charge in [0.25, 0.3) is 0 Å². The van der Waals surface area contributed by atoms with E-state index in [9.17, 15) is 4.79 Å². The van der Waals surface area contributed by atoms with Gasteiger partial charge in [0.1, 0.15) is 17.8 Å². The Labute approximate surface area is 201 Å². The molecule has 34 heavy (non-hydrogen) atoms. The van der Waals surface area contributed by atoms with Crippen LogP contribution in [-0.2, 0) is 4.74 Å². The molecule has 9 nitrogen and oxygen atoms in total. The van der Waals surface area contributed by atoms with Crippen molar-refractivity contribution in [2.24, 2.45) is 0 Å². The van der Waals surface area contributed by atoms with Crippen LogP contribution in [0.3, 0.4) is 0 Å². The van der Waals surface area contributed by atoms with Gasteiger partial charge in [-0.2, -0.15) is 0 Å². The molecule has 1 aromatic carbocycles. The predicted octanol–water partition coefficient (Wildman–Crippen LogP) is 4.53. The van der Waals surface area contributed by atoms with Crippen molar-refractivity contribution in [1.29, 1.82) is 0 Å². The number of hydrogen-bond acceptors (Lipinski definition) is 7. The molecule has 0 saturated carbocycles. The molecule has 1 aliphatic rings. The largest absolute Gasteiger partial charge is 0.382 e. The highest BCUT2D eigenvalue weighted by atomic mass is 32.1. The second-order valence-corrected chi connectivity index (χ2v) is 9.89. The first-order chi connectivity index (χ1) is 16.4. The molecule has 2 amide bonds. The number of nitrogens with one attached hydrogen (secondary N) is 3. The molecular formula is C24H27N7O2S. The Kier molecular flexibility index (Phi) is 5.93. The molecule has 0 bridgehead atoms. The quantitative estimate of drug-likeness (QED) is 0.376. The maximum Gasteiger partial charge on any atom is 0.318 e. The smallest absolute Gasteiger partial charge is 0.318 e. The molecule has 10 heteroatoms. The van der Waals surface area contributed by atoms with E-state index in [0.717, 1.165) is 50.4 Å². The lowest BCUT2D eigenvalue weighted by molar-refractivity contribution is 0.123. The van der Waals surface area contributed by atoms with Crippen LogP contribution >= 0.6 is 11.3 Å². The molecule has 0 atom stereocenters. The normalized spacial score (nSPS) is 14.4. The van der Waals surface area contributed by atoms with Gasteiger partial charge in [-0.3, -0.25) is 0 Å². The number of aromatic amines is 1. The van der Waals surface area contributed by atoms with Crippen LogP contribution in [0, 0.1) is 0 Å². The third kappa shape index (κ3) is 4.59.